The van der Waals surface area contributed by atoms with Crippen LogP contribution in [-0.2, 0) is 22.4 Å². The molecular formula is C26H29N3O4. The highest BCUT2D eigenvalue weighted by molar-refractivity contribution is 5.86. The van der Waals surface area contributed by atoms with Crippen molar-refractivity contribution in [2.75, 3.05) is 27.2 Å². The number of ether oxygens (including phenoxy) is 1. The largest absolute Gasteiger partial charge is 0.497 e. The van der Waals surface area contributed by atoms with Gasteiger partial charge in [-0.3, -0.25) is 9.59 Å². The fraction of sp³-hybridized carbons (Fsp3) is 0.346. The van der Waals surface area contributed by atoms with E-state index in [0.29, 0.717) is 31.7 Å². The van der Waals surface area contributed by atoms with E-state index in [-0.39, 0.29) is 18.2 Å². The first kappa shape index (κ1) is 22.6. The summed E-state index contributed by atoms with van der Waals surface area (Å²) in [6.07, 6.45) is 1.21. The van der Waals surface area contributed by atoms with E-state index in [9.17, 15) is 9.59 Å². The molecule has 0 radical (unpaired) electrons. The molecule has 0 unspecified atom stereocenters. The van der Waals surface area contributed by atoms with Gasteiger partial charge >= 0.3 is 0 Å². The van der Waals surface area contributed by atoms with Crippen molar-refractivity contribution < 1.29 is 18.8 Å². The predicted octanol–water partition coefficient (Wildman–Crippen LogP) is 3.41. The molecule has 4 rings (SSSR count). The van der Waals surface area contributed by atoms with Crippen LogP contribution in [0, 0.1) is 12.3 Å². The average molecular weight is 448 g/mol. The van der Waals surface area contributed by atoms with E-state index in [4.69, 9.17) is 9.26 Å². The minimum absolute atomic E-state index is 0.00722. The normalized spacial score (nSPS) is 17.7. The Labute approximate surface area is 193 Å². The Balaban J connectivity index is 1.50. The lowest BCUT2D eigenvalue weighted by molar-refractivity contribution is -0.132. The molecule has 1 saturated heterocycles. The van der Waals surface area contributed by atoms with Gasteiger partial charge in [-0.1, -0.05) is 41.6 Å². The van der Waals surface area contributed by atoms with Crippen molar-refractivity contribution in [1.29, 1.82) is 0 Å². The highest BCUT2D eigenvalue weighted by Crippen LogP contribution is 2.36. The number of rotatable bonds is 7. The highest BCUT2D eigenvalue weighted by Gasteiger charge is 2.46. The SMILES string of the molecule is CNC(=O)[C@@]1(Cc2cc(-c3ccccc3C)no2)CCN(C(=O)Cc2cccc(OC)c2)C1. The summed E-state index contributed by atoms with van der Waals surface area (Å²) >= 11 is 0. The molecule has 2 heterocycles. The van der Waals surface area contributed by atoms with E-state index < -0.39 is 5.41 Å². The molecular weight excluding hydrogens is 418 g/mol. The lowest BCUT2D eigenvalue weighted by Gasteiger charge is -2.26. The summed E-state index contributed by atoms with van der Waals surface area (Å²) in [5, 5.41) is 7.02. The van der Waals surface area contributed by atoms with Crippen molar-refractivity contribution in [1.82, 2.24) is 15.4 Å². The number of carbonyl (C=O) groups excluding carboxylic acids is 2. The Kier molecular flexibility index (Phi) is 6.49. The topological polar surface area (TPSA) is 84.7 Å². The number of hydrogen-bond acceptors (Lipinski definition) is 5. The summed E-state index contributed by atoms with van der Waals surface area (Å²) in [5.74, 6) is 1.26. The Hall–Kier alpha value is -3.61. The maximum absolute atomic E-state index is 13.0. The zero-order chi connectivity index (χ0) is 23.4. The van der Waals surface area contributed by atoms with Crippen molar-refractivity contribution in [3.63, 3.8) is 0 Å². The zero-order valence-electron chi connectivity index (χ0n) is 19.3. The highest BCUT2D eigenvalue weighted by atomic mass is 16.5. The molecule has 33 heavy (non-hydrogen) atoms. The van der Waals surface area contributed by atoms with Crippen LogP contribution in [0.3, 0.4) is 0 Å². The second-order valence-electron chi connectivity index (χ2n) is 8.62. The average Bonchev–Trinajstić information content (AvgIpc) is 3.47. The van der Waals surface area contributed by atoms with Gasteiger partial charge in [0.2, 0.25) is 11.8 Å². The molecule has 7 heteroatoms. The van der Waals surface area contributed by atoms with Crippen LogP contribution in [-0.4, -0.2) is 49.1 Å². The van der Waals surface area contributed by atoms with Crippen molar-refractivity contribution in [3.05, 3.63) is 71.5 Å². The van der Waals surface area contributed by atoms with Gasteiger partial charge in [0.25, 0.3) is 0 Å². The summed E-state index contributed by atoms with van der Waals surface area (Å²) in [5.41, 5.74) is 2.99. The minimum atomic E-state index is -0.749. The summed E-state index contributed by atoms with van der Waals surface area (Å²) in [7, 11) is 3.23. The first-order valence-corrected chi connectivity index (χ1v) is 11.1. The van der Waals surface area contributed by atoms with Gasteiger partial charge < -0.3 is 19.5 Å². The maximum atomic E-state index is 13.0. The fourth-order valence-corrected chi connectivity index (χ4v) is 4.55. The monoisotopic (exact) mass is 447 g/mol. The number of carbonyl (C=O) groups is 2. The molecule has 1 atom stereocenters. The molecule has 1 fully saturated rings. The van der Waals surface area contributed by atoms with E-state index in [1.807, 2.05) is 61.5 Å². The van der Waals surface area contributed by atoms with Gasteiger partial charge in [-0.2, -0.15) is 0 Å². The van der Waals surface area contributed by atoms with Crippen LogP contribution in [0.1, 0.15) is 23.3 Å². The number of nitrogens with one attached hydrogen (secondary N) is 1. The Morgan fingerprint density at radius 3 is 2.76 bits per heavy atom. The Morgan fingerprint density at radius 2 is 2.00 bits per heavy atom. The molecule has 0 aliphatic carbocycles. The van der Waals surface area contributed by atoms with E-state index in [0.717, 1.165) is 28.1 Å². The first-order chi connectivity index (χ1) is 15.9. The quantitative estimate of drug-likeness (QED) is 0.600. The standard InChI is InChI=1S/C26H29N3O4/c1-18-7-4-5-10-22(18)23-15-21(33-28-23)16-26(25(31)27-2)11-12-29(17-26)24(30)14-19-8-6-9-20(13-19)32-3/h4-10,13,15H,11-12,14,16-17H2,1-3H3,(H,27,31)/t26-/m1/s1. The van der Waals surface area contributed by atoms with Gasteiger partial charge in [0.15, 0.2) is 0 Å². The number of methoxy groups -OCH3 is 1. The fourth-order valence-electron chi connectivity index (χ4n) is 4.55. The second kappa shape index (κ2) is 9.48. The van der Waals surface area contributed by atoms with Crippen molar-refractivity contribution in [2.45, 2.75) is 26.2 Å². The third kappa shape index (κ3) is 4.77. The molecule has 1 aliphatic heterocycles. The lowest BCUT2D eigenvalue weighted by Crippen LogP contribution is -2.44. The van der Waals surface area contributed by atoms with E-state index in [2.05, 4.69) is 10.5 Å². The zero-order valence-corrected chi connectivity index (χ0v) is 19.3. The van der Waals surface area contributed by atoms with Gasteiger partial charge in [-0.25, -0.2) is 0 Å². The summed E-state index contributed by atoms with van der Waals surface area (Å²) in [6, 6.07) is 17.4. The molecule has 2 amide bonds. The van der Waals surface area contributed by atoms with Crippen LogP contribution < -0.4 is 10.1 Å². The molecule has 3 aromatic rings. The van der Waals surface area contributed by atoms with E-state index in [1.165, 1.54) is 0 Å². The van der Waals surface area contributed by atoms with Crippen LogP contribution in [0.5, 0.6) is 5.75 Å². The number of aromatic nitrogens is 1. The molecule has 0 bridgehead atoms. The molecule has 0 spiro atoms. The molecule has 1 aliphatic rings. The Bertz CT molecular complexity index is 1160. The molecule has 1 N–H and O–H groups in total. The maximum Gasteiger partial charge on any atom is 0.228 e. The summed E-state index contributed by atoms with van der Waals surface area (Å²) < 4.78 is 10.9. The first-order valence-electron chi connectivity index (χ1n) is 11.1. The Morgan fingerprint density at radius 1 is 1.18 bits per heavy atom. The lowest BCUT2D eigenvalue weighted by atomic mass is 9.81. The van der Waals surface area contributed by atoms with Crippen LogP contribution >= 0.6 is 0 Å². The van der Waals surface area contributed by atoms with Crippen molar-refractivity contribution >= 4 is 11.8 Å². The summed E-state index contributed by atoms with van der Waals surface area (Å²) in [6.45, 7) is 2.89. The van der Waals surface area contributed by atoms with Crippen molar-refractivity contribution in [3.8, 4) is 17.0 Å². The summed E-state index contributed by atoms with van der Waals surface area (Å²) in [4.78, 5) is 27.7. The van der Waals surface area contributed by atoms with Gasteiger partial charge in [-0.15, -0.1) is 0 Å². The third-order valence-electron chi connectivity index (χ3n) is 6.40. The van der Waals surface area contributed by atoms with Crippen LogP contribution in [0.2, 0.25) is 0 Å². The molecule has 7 nitrogen and oxygen atoms in total. The van der Waals surface area contributed by atoms with Crippen molar-refractivity contribution in [2.24, 2.45) is 5.41 Å². The number of likely N-dealkylation sites (tertiary alicyclic amines) is 1. The van der Waals surface area contributed by atoms with E-state index in [1.54, 1.807) is 19.1 Å². The van der Waals surface area contributed by atoms with Gasteiger partial charge in [0, 0.05) is 38.2 Å². The number of amides is 2. The third-order valence-corrected chi connectivity index (χ3v) is 6.40. The van der Waals surface area contributed by atoms with Gasteiger partial charge in [0.05, 0.1) is 18.9 Å². The second-order valence-corrected chi connectivity index (χ2v) is 8.62. The predicted molar refractivity (Wildman–Crippen MR) is 125 cm³/mol. The minimum Gasteiger partial charge on any atom is -0.497 e. The van der Waals surface area contributed by atoms with Crippen LogP contribution in [0.15, 0.2) is 59.1 Å². The number of aryl methyl sites for hydroxylation is 1. The smallest absolute Gasteiger partial charge is 0.228 e. The molecule has 1 aromatic heterocycles. The number of benzene rings is 2. The number of hydrogen-bond donors (Lipinski definition) is 1. The van der Waals surface area contributed by atoms with Crippen LogP contribution in [0.25, 0.3) is 11.3 Å². The molecule has 0 saturated carbocycles. The number of nitrogens with zero attached hydrogens (tertiary/aromatic N) is 2. The molecule has 172 valence electrons. The van der Waals surface area contributed by atoms with E-state index >= 15 is 0 Å². The van der Waals surface area contributed by atoms with Gasteiger partial charge in [0.1, 0.15) is 17.2 Å². The van der Waals surface area contributed by atoms with Crippen LogP contribution in [0.4, 0.5) is 0 Å². The van der Waals surface area contributed by atoms with Gasteiger partial charge in [-0.05, 0) is 36.6 Å². The molecule has 2 aromatic carbocycles.